The standard InChI is InChI=1S/C8H16N6O/c1-7(3-9-2)4-10-8(15)5-14-6-11-12-13-14/h6-7,9H,3-5H2,1-2H3,(H,10,15). The maximum Gasteiger partial charge on any atom is 0.241 e. The minimum absolute atomic E-state index is 0.0785. The molecule has 1 rings (SSSR count). The van der Waals surface area contributed by atoms with Gasteiger partial charge in [-0.05, 0) is 29.9 Å². The smallest absolute Gasteiger partial charge is 0.241 e. The van der Waals surface area contributed by atoms with E-state index in [0.717, 1.165) is 6.54 Å². The van der Waals surface area contributed by atoms with E-state index in [0.29, 0.717) is 12.5 Å². The molecule has 0 bridgehead atoms. The van der Waals surface area contributed by atoms with Gasteiger partial charge in [-0.1, -0.05) is 6.92 Å². The van der Waals surface area contributed by atoms with Crippen LogP contribution >= 0.6 is 0 Å². The number of amides is 1. The lowest BCUT2D eigenvalue weighted by molar-refractivity contribution is -0.122. The molecule has 1 aromatic rings. The van der Waals surface area contributed by atoms with Crippen LogP contribution in [0.4, 0.5) is 0 Å². The van der Waals surface area contributed by atoms with E-state index in [2.05, 4.69) is 33.1 Å². The summed E-state index contributed by atoms with van der Waals surface area (Å²) in [5.41, 5.74) is 0. The summed E-state index contributed by atoms with van der Waals surface area (Å²) < 4.78 is 1.39. The van der Waals surface area contributed by atoms with Gasteiger partial charge in [0.1, 0.15) is 12.9 Å². The Morgan fingerprint density at radius 1 is 1.53 bits per heavy atom. The summed E-state index contributed by atoms with van der Waals surface area (Å²) in [5.74, 6) is 0.332. The van der Waals surface area contributed by atoms with Gasteiger partial charge in [0.15, 0.2) is 0 Å². The normalized spacial score (nSPS) is 12.4. The fraction of sp³-hybridized carbons (Fsp3) is 0.750. The van der Waals surface area contributed by atoms with Gasteiger partial charge in [-0.15, -0.1) is 5.10 Å². The van der Waals surface area contributed by atoms with Gasteiger partial charge in [0.05, 0.1) is 0 Å². The Balaban J connectivity index is 2.19. The average molecular weight is 212 g/mol. The quantitative estimate of drug-likeness (QED) is 0.608. The monoisotopic (exact) mass is 212 g/mol. The van der Waals surface area contributed by atoms with Gasteiger partial charge >= 0.3 is 0 Å². The predicted octanol–water partition coefficient (Wildman–Crippen LogP) is -1.36. The Bertz CT molecular complexity index is 285. The van der Waals surface area contributed by atoms with Crippen LogP contribution < -0.4 is 10.6 Å². The first kappa shape index (κ1) is 11.6. The molecular weight excluding hydrogens is 196 g/mol. The summed E-state index contributed by atoms with van der Waals surface area (Å²) >= 11 is 0. The van der Waals surface area contributed by atoms with Crippen molar-refractivity contribution in [3.63, 3.8) is 0 Å². The molecule has 1 unspecified atom stereocenters. The lowest BCUT2D eigenvalue weighted by Crippen LogP contribution is -2.34. The summed E-state index contributed by atoms with van der Waals surface area (Å²) in [4.78, 5) is 11.4. The van der Waals surface area contributed by atoms with E-state index in [4.69, 9.17) is 0 Å². The lowest BCUT2D eigenvalue weighted by Gasteiger charge is -2.11. The van der Waals surface area contributed by atoms with Crippen molar-refractivity contribution in [2.75, 3.05) is 20.1 Å². The summed E-state index contributed by atoms with van der Waals surface area (Å²) in [6.07, 6.45) is 1.41. The molecule has 0 aromatic carbocycles. The molecule has 84 valence electrons. The Labute approximate surface area is 88.2 Å². The zero-order valence-electron chi connectivity index (χ0n) is 8.97. The fourth-order valence-electron chi connectivity index (χ4n) is 1.16. The minimum Gasteiger partial charge on any atom is -0.354 e. The maximum atomic E-state index is 11.4. The highest BCUT2D eigenvalue weighted by Crippen LogP contribution is 1.89. The molecule has 0 saturated heterocycles. The molecule has 2 N–H and O–H groups in total. The van der Waals surface area contributed by atoms with Crippen LogP contribution in [-0.4, -0.2) is 46.3 Å². The predicted molar refractivity (Wildman–Crippen MR) is 53.9 cm³/mol. The van der Waals surface area contributed by atoms with Gasteiger partial charge < -0.3 is 10.6 Å². The molecule has 0 fully saturated rings. The molecule has 1 amide bonds. The number of carbonyl (C=O) groups is 1. The number of carbonyl (C=O) groups excluding carboxylic acids is 1. The third kappa shape index (κ3) is 4.50. The molecule has 0 aliphatic rings. The van der Waals surface area contributed by atoms with Crippen LogP contribution in [0.3, 0.4) is 0 Å². The number of tetrazole rings is 1. The number of nitrogens with zero attached hydrogens (tertiary/aromatic N) is 4. The van der Waals surface area contributed by atoms with Gasteiger partial charge in [-0.2, -0.15) is 0 Å². The summed E-state index contributed by atoms with van der Waals surface area (Å²) in [6.45, 7) is 3.76. The SMILES string of the molecule is CNCC(C)CNC(=O)Cn1cnnn1. The van der Waals surface area contributed by atoms with Gasteiger partial charge in [-0.3, -0.25) is 4.79 Å². The summed E-state index contributed by atoms with van der Waals surface area (Å²) in [7, 11) is 1.89. The van der Waals surface area contributed by atoms with Gasteiger partial charge in [0.25, 0.3) is 0 Å². The van der Waals surface area contributed by atoms with Crippen LogP contribution in [0.1, 0.15) is 6.92 Å². The van der Waals surface area contributed by atoms with E-state index < -0.39 is 0 Å². The molecule has 1 heterocycles. The van der Waals surface area contributed by atoms with Gasteiger partial charge in [0.2, 0.25) is 5.91 Å². The molecule has 0 radical (unpaired) electrons. The topological polar surface area (TPSA) is 84.7 Å². The zero-order chi connectivity index (χ0) is 11.1. The van der Waals surface area contributed by atoms with Crippen LogP contribution in [0, 0.1) is 5.92 Å². The van der Waals surface area contributed by atoms with E-state index in [1.807, 2.05) is 7.05 Å². The molecule has 0 saturated carbocycles. The number of nitrogens with one attached hydrogen (secondary N) is 2. The van der Waals surface area contributed by atoms with Crippen molar-refractivity contribution in [2.45, 2.75) is 13.5 Å². The van der Waals surface area contributed by atoms with Crippen molar-refractivity contribution in [1.82, 2.24) is 30.8 Å². The number of rotatable bonds is 6. The number of aromatic nitrogens is 4. The lowest BCUT2D eigenvalue weighted by atomic mass is 10.2. The van der Waals surface area contributed by atoms with E-state index in [9.17, 15) is 4.79 Å². The molecule has 1 aromatic heterocycles. The van der Waals surface area contributed by atoms with E-state index in [1.54, 1.807) is 0 Å². The Kier molecular flexibility index (Phi) is 4.69. The van der Waals surface area contributed by atoms with Crippen molar-refractivity contribution < 1.29 is 4.79 Å². The molecule has 0 spiro atoms. The van der Waals surface area contributed by atoms with E-state index in [1.165, 1.54) is 11.0 Å². The Hall–Kier alpha value is -1.50. The first-order chi connectivity index (χ1) is 7.22. The van der Waals surface area contributed by atoms with Gasteiger partial charge in [-0.25, -0.2) is 4.68 Å². The Morgan fingerprint density at radius 2 is 2.33 bits per heavy atom. The second-order valence-electron chi connectivity index (χ2n) is 3.47. The highest BCUT2D eigenvalue weighted by atomic mass is 16.2. The molecule has 1 atom stereocenters. The highest BCUT2D eigenvalue weighted by Gasteiger charge is 2.05. The molecule has 15 heavy (non-hydrogen) atoms. The van der Waals surface area contributed by atoms with E-state index in [-0.39, 0.29) is 12.5 Å². The number of hydrogen-bond acceptors (Lipinski definition) is 5. The molecule has 0 aliphatic heterocycles. The van der Waals surface area contributed by atoms with Crippen molar-refractivity contribution in [3.05, 3.63) is 6.33 Å². The molecule has 7 heteroatoms. The van der Waals surface area contributed by atoms with Crippen molar-refractivity contribution in [1.29, 1.82) is 0 Å². The highest BCUT2D eigenvalue weighted by molar-refractivity contribution is 5.75. The molecular formula is C8H16N6O. The third-order valence-electron chi connectivity index (χ3n) is 1.90. The first-order valence-corrected chi connectivity index (χ1v) is 4.84. The van der Waals surface area contributed by atoms with Crippen LogP contribution in [0.15, 0.2) is 6.33 Å². The van der Waals surface area contributed by atoms with E-state index >= 15 is 0 Å². The van der Waals surface area contributed by atoms with Crippen LogP contribution in [-0.2, 0) is 11.3 Å². The second-order valence-corrected chi connectivity index (χ2v) is 3.47. The zero-order valence-corrected chi connectivity index (χ0v) is 8.97. The van der Waals surface area contributed by atoms with Crippen LogP contribution in [0.2, 0.25) is 0 Å². The van der Waals surface area contributed by atoms with Gasteiger partial charge in [0, 0.05) is 6.54 Å². The second kappa shape index (κ2) is 6.07. The third-order valence-corrected chi connectivity index (χ3v) is 1.90. The van der Waals surface area contributed by atoms with Crippen LogP contribution in [0.5, 0.6) is 0 Å². The Morgan fingerprint density at radius 3 is 2.93 bits per heavy atom. The summed E-state index contributed by atoms with van der Waals surface area (Å²) in [6, 6.07) is 0. The van der Waals surface area contributed by atoms with Crippen molar-refractivity contribution in [3.8, 4) is 0 Å². The minimum atomic E-state index is -0.0785. The van der Waals surface area contributed by atoms with Crippen molar-refractivity contribution in [2.24, 2.45) is 5.92 Å². The number of hydrogen-bond donors (Lipinski definition) is 2. The first-order valence-electron chi connectivity index (χ1n) is 4.84. The summed E-state index contributed by atoms with van der Waals surface area (Å²) in [5, 5.41) is 16.3. The average Bonchev–Trinajstić information content (AvgIpc) is 2.68. The van der Waals surface area contributed by atoms with Crippen LogP contribution in [0.25, 0.3) is 0 Å². The largest absolute Gasteiger partial charge is 0.354 e. The maximum absolute atomic E-state index is 11.4. The molecule has 7 nitrogen and oxygen atoms in total. The molecule has 0 aliphatic carbocycles. The van der Waals surface area contributed by atoms with Crippen molar-refractivity contribution >= 4 is 5.91 Å². The fourth-order valence-corrected chi connectivity index (χ4v) is 1.16.